The maximum absolute atomic E-state index is 12.2. The van der Waals surface area contributed by atoms with E-state index >= 15 is 0 Å². The van der Waals surface area contributed by atoms with E-state index in [0.29, 0.717) is 5.56 Å². The number of rotatable bonds is 4. The molecule has 0 spiro atoms. The SMILES string of the molecule is [K+].[N-]=[N+]=Nc1cc(CN)cc(C[B-](F)(F)F)c1. The van der Waals surface area contributed by atoms with Crippen molar-refractivity contribution in [1.29, 1.82) is 0 Å². The van der Waals surface area contributed by atoms with E-state index in [1.54, 1.807) is 0 Å². The van der Waals surface area contributed by atoms with Gasteiger partial charge in [-0.1, -0.05) is 29.1 Å². The Kier molecular flexibility index (Phi) is 7.42. The molecule has 0 heterocycles. The molecule has 0 amide bonds. The summed E-state index contributed by atoms with van der Waals surface area (Å²) in [4.78, 5) is 2.53. The Labute approximate surface area is 139 Å². The molecule has 0 unspecified atom stereocenters. The van der Waals surface area contributed by atoms with Gasteiger partial charge in [0.25, 0.3) is 0 Å². The minimum absolute atomic E-state index is 0. The molecule has 0 atom stereocenters. The Hall–Kier alpha value is -0.0187. The van der Waals surface area contributed by atoms with Gasteiger partial charge in [-0.05, 0) is 17.2 Å². The molecule has 0 aliphatic carbocycles. The Morgan fingerprint density at radius 3 is 2.29 bits per heavy atom. The van der Waals surface area contributed by atoms with Gasteiger partial charge in [-0.2, -0.15) is 0 Å². The van der Waals surface area contributed by atoms with E-state index in [-0.39, 0.29) is 69.2 Å². The van der Waals surface area contributed by atoms with Crippen molar-refractivity contribution < 1.29 is 64.3 Å². The fourth-order valence-corrected chi connectivity index (χ4v) is 1.36. The zero-order valence-electron chi connectivity index (χ0n) is 9.28. The van der Waals surface area contributed by atoms with Crippen molar-refractivity contribution in [1.82, 2.24) is 0 Å². The van der Waals surface area contributed by atoms with Gasteiger partial charge in [0.15, 0.2) is 0 Å². The number of halogens is 3. The molecule has 1 aromatic carbocycles. The van der Waals surface area contributed by atoms with Gasteiger partial charge in [0.1, 0.15) is 0 Å². The minimum Gasteiger partial charge on any atom is -0.449 e. The molecule has 17 heavy (non-hydrogen) atoms. The first kappa shape index (κ1) is 17.0. The molecule has 0 aromatic heterocycles. The van der Waals surface area contributed by atoms with Crippen molar-refractivity contribution in [2.24, 2.45) is 10.8 Å². The summed E-state index contributed by atoms with van der Waals surface area (Å²) in [6.07, 6.45) is -0.998. The number of azide groups is 1. The molecule has 86 valence electrons. The molecule has 2 N–H and O–H groups in total. The fraction of sp³-hybridized carbons (Fsp3) is 0.250. The summed E-state index contributed by atoms with van der Waals surface area (Å²) < 4.78 is 36.7. The average Bonchev–Trinajstić information content (AvgIpc) is 2.15. The molecule has 0 aliphatic rings. The molecule has 0 aliphatic heterocycles. The van der Waals surface area contributed by atoms with Crippen molar-refractivity contribution in [3.05, 3.63) is 39.8 Å². The minimum atomic E-state index is -4.90. The summed E-state index contributed by atoms with van der Waals surface area (Å²) >= 11 is 0. The molecular formula is C8H9BF3KN4. The molecule has 0 saturated heterocycles. The number of benzene rings is 1. The van der Waals surface area contributed by atoms with Crippen molar-refractivity contribution in [2.45, 2.75) is 12.9 Å². The van der Waals surface area contributed by atoms with Gasteiger partial charge in [-0.3, -0.25) is 0 Å². The van der Waals surface area contributed by atoms with E-state index in [4.69, 9.17) is 11.3 Å². The van der Waals surface area contributed by atoms with E-state index < -0.39 is 13.3 Å². The van der Waals surface area contributed by atoms with Crippen molar-refractivity contribution in [3.8, 4) is 0 Å². The average molecular weight is 268 g/mol. The fourth-order valence-electron chi connectivity index (χ4n) is 1.36. The number of hydrogen-bond acceptors (Lipinski definition) is 2. The zero-order valence-corrected chi connectivity index (χ0v) is 12.4. The maximum Gasteiger partial charge on any atom is 1.00 e. The van der Waals surface area contributed by atoms with Crippen LogP contribution in [0.25, 0.3) is 10.4 Å². The second-order valence-corrected chi connectivity index (χ2v) is 3.32. The van der Waals surface area contributed by atoms with Crippen molar-refractivity contribution >= 4 is 12.7 Å². The van der Waals surface area contributed by atoms with Crippen LogP contribution in [0.1, 0.15) is 11.1 Å². The summed E-state index contributed by atoms with van der Waals surface area (Å²) in [5.41, 5.74) is 14.3. The van der Waals surface area contributed by atoms with Gasteiger partial charge < -0.3 is 18.7 Å². The number of hydrogen-bond donors (Lipinski definition) is 1. The maximum atomic E-state index is 12.2. The van der Waals surface area contributed by atoms with Crippen LogP contribution < -0.4 is 57.1 Å². The smallest absolute Gasteiger partial charge is 0.449 e. The second-order valence-electron chi connectivity index (χ2n) is 3.32. The van der Waals surface area contributed by atoms with Gasteiger partial charge >= 0.3 is 58.4 Å². The van der Waals surface area contributed by atoms with Crippen molar-refractivity contribution in [2.75, 3.05) is 0 Å². The van der Waals surface area contributed by atoms with Gasteiger partial charge in [-0.15, -0.1) is 0 Å². The number of nitrogens with zero attached hydrogens (tertiary/aromatic N) is 3. The quantitative estimate of drug-likeness (QED) is 0.355. The monoisotopic (exact) mass is 268 g/mol. The molecular weight excluding hydrogens is 259 g/mol. The van der Waals surface area contributed by atoms with Crippen LogP contribution in [-0.4, -0.2) is 6.98 Å². The molecule has 1 aromatic rings. The molecule has 4 nitrogen and oxygen atoms in total. The zero-order chi connectivity index (χ0) is 12.2. The van der Waals surface area contributed by atoms with Crippen LogP contribution in [0.5, 0.6) is 0 Å². The summed E-state index contributed by atoms with van der Waals surface area (Å²) in [6, 6.07) is 4.05. The topological polar surface area (TPSA) is 74.8 Å². The van der Waals surface area contributed by atoms with Gasteiger partial charge in [0.05, 0.1) is 0 Å². The molecule has 0 bridgehead atoms. The van der Waals surface area contributed by atoms with E-state index in [9.17, 15) is 12.9 Å². The van der Waals surface area contributed by atoms with E-state index in [1.807, 2.05) is 0 Å². The van der Waals surface area contributed by atoms with Gasteiger partial charge in [-0.25, -0.2) is 0 Å². The molecule has 0 fully saturated rings. The van der Waals surface area contributed by atoms with Crippen LogP contribution in [0.4, 0.5) is 18.6 Å². The van der Waals surface area contributed by atoms with Crippen LogP contribution >= 0.6 is 0 Å². The van der Waals surface area contributed by atoms with Crippen LogP contribution in [0, 0.1) is 0 Å². The standard InChI is InChI=1S/C8H9BF3N4.K/c10-9(11,12)4-6-1-7(5-13)3-8(2-6)15-16-14;/h1-3H,4-5,13H2;/q-1;+1. The Balaban J connectivity index is 0.00000256. The second kappa shape index (κ2) is 7.42. The Morgan fingerprint density at radius 1 is 1.24 bits per heavy atom. The van der Waals surface area contributed by atoms with Gasteiger partial charge in [0.2, 0.25) is 0 Å². The van der Waals surface area contributed by atoms with Gasteiger partial charge in [0, 0.05) is 17.1 Å². The van der Waals surface area contributed by atoms with Crippen LogP contribution in [0.2, 0.25) is 0 Å². The first-order valence-corrected chi connectivity index (χ1v) is 4.53. The van der Waals surface area contributed by atoms with Crippen LogP contribution in [-0.2, 0) is 12.9 Å². The summed E-state index contributed by atoms with van der Waals surface area (Å²) in [5.74, 6) is 0. The first-order valence-electron chi connectivity index (χ1n) is 4.53. The summed E-state index contributed by atoms with van der Waals surface area (Å²) in [7, 11) is 0. The van der Waals surface area contributed by atoms with E-state index in [1.165, 1.54) is 18.2 Å². The Morgan fingerprint density at radius 2 is 1.82 bits per heavy atom. The van der Waals surface area contributed by atoms with Crippen LogP contribution in [0.15, 0.2) is 23.3 Å². The third-order valence-electron chi connectivity index (χ3n) is 1.90. The predicted octanol–water partition coefficient (Wildman–Crippen LogP) is 0.0202. The third-order valence-corrected chi connectivity index (χ3v) is 1.90. The van der Waals surface area contributed by atoms with E-state index in [2.05, 4.69) is 10.0 Å². The van der Waals surface area contributed by atoms with Crippen molar-refractivity contribution in [3.63, 3.8) is 0 Å². The largest absolute Gasteiger partial charge is 1.00 e. The summed E-state index contributed by atoms with van der Waals surface area (Å²) in [5, 5.41) is 3.27. The van der Waals surface area contributed by atoms with E-state index in [0.717, 1.165) is 0 Å². The molecule has 0 saturated carbocycles. The summed E-state index contributed by atoms with van der Waals surface area (Å²) in [6.45, 7) is -4.80. The molecule has 1 rings (SSSR count). The molecule has 9 heteroatoms. The van der Waals surface area contributed by atoms with Crippen LogP contribution in [0.3, 0.4) is 0 Å². The first-order chi connectivity index (χ1) is 7.44. The molecule has 0 radical (unpaired) electrons. The number of nitrogens with two attached hydrogens (primary N) is 1. The third kappa shape index (κ3) is 6.47. The normalized spacial score (nSPS) is 10.4. The Bertz CT molecular complexity index is 431. The predicted molar refractivity (Wildman–Crippen MR) is 55.9 cm³/mol.